The molecule has 1 amide bonds. The number of amides is 1. The minimum absolute atomic E-state index is 0.00742. The Labute approximate surface area is 152 Å². The first-order valence-corrected chi connectivity index (χ1v) is 9.46. The van der Waals surface area contributed by atoms with Crippen LogP contribution in [0.3, 0.4) is 0 Å². The highest BCUT2D eigenvalue weighted by Crippen LogP contribution is 2.17. The van der Waals surface area contributed by atoms with Crippen molar-refractivity contribution in [1.82, 2.24) is 9.55 Å². The molecule has 0 aliphatic carbocycles. The molecule has 1 aromatic heterocycles. The monoisotopic (exact) mass is 359 g/mol. The first-order valence-electron chi connectivity index (χ1n) is 8.47. The van der Waals surface area contributed by atoms with E-state index in [-0.39, 0.29) is 11.5 Å². The SMILES string of the molecule is CCc1cc(=O)n(C)c(SCCCC(=O)Nc2ccc(C)c(C)c2)n1. The summed E-state index contributed by atoms with van der Waals surface area (Å²) in [6.07, 6.45) is 1.91. The number of rotatable bonds is 7. The van der Waals surface area contributed by atoms with Crippen LogP contribution in [-0.4, -0.2) is 21.2 Å². The van der Waals surface area contributed by atoms with Crippen molar-refractivity contribution in [3.8, 4) is 0 Å². The van der Waals surface area contributed by atoms with Crippen LogP contribution >= 0.6 is 11.8 Å². The average molecular weight is 359 g/mol. The number of anilines is 1. The van der Waals surface area contributed by atoms with Gasteiger partial charge in [0, 0.05) is 36.7 Å². The molecule has 2 aromatic rings. The lowest BCUT2D eigenvalue weighted by Gasteiger charge is -2.09. The molecule has 25 heavy (non-hydrogen) atoms. The van der Waals surface area contributed by atoms with Crippen LogP contribution in [0, 0.1) is 13.8 Å². The molecule has 0 fully saturated rings. The van der Waals surface area contributed by atoms with Gasteiger partial charge in [-0.05, 0) is 49.9 Å². The molecule has 0 spiro atoms. The Hall–Kier alpha value is -2.08. The number of nitrogens with zero attached hydrogens (tertiary/aromatic N) is 2. The summed E-state index contributed by atoms with van der Waals surface area (Å²) in [5, 5.41) is 3.64. The van der Waals surface area contributed by atoms with Gasteiger partial charge in [0.05, 0.1) is 0 Å². The van der Waals surface area contributed by atoms with Gasteiger partial charge in [-0.15, -0.1) is 0 Å². The Morgan fingerprint density at radius 1 is 1.24 bits per heavy atom. The van der Waals surface area contributed by atoms with Gasteiger partial charge in [0.1, 0.15) is 0 Å². The van der Waals surface area contributed by atoms with Crippen molar-refractivity contribution < 1.29 is 4.79 Å². The maximum atomic E-state index is 12.1. The number of thioether (sulfide) groups is 1. The number of hydrogen-bond donors (Lipinski definition) is 1. The van der Waals surface area contributed by atoms with Crippen molar-refractivity contribution in [2.45, 2.75) is 45.2 Å². The molecular formula is C19H25N3O2S. The van der Waals surface area contributed by atoms with E-state index in [9.17, 15) is 9.59 Å². The quantitative estimate of drug-likeness (QED) is 0.467. The van der Waals surface area contributed by atoms with Gasteiger partial charge in [0.2, 0.25) is 5.91 Å². The summed E-state index contributed by atoms with van der Waals surface area (Å²) < 4.78 is 1.55. The van der Waals surface area contributed by atoms with Crippen molar-refractivity contribution in [3.63, 3.8) is 0 Å². The second-order valence-corrected chi connectivity index (χ2v) is 7.14. The maximum Gasteiger partial charge on any atom is 0.254 e. The molecule has 0 radical (unpaired) electrons. The molecule has 5 nitrogen and oxygen atoms in total. The third-order valence-electron chi connectivity index (χ3n) is 4.08. The van der Waals surface area contributed by atoms with E-state index in [4.69, 9.17) is 0 Å². The van der Waals surface area contributed by atoms with Crippen LogP contribution < -0.4 is 10.9 Å². The van der Waals surface area contributed by atoms with E-state index in [1.165, 1.54) is 17.3 Å². The molecule has 0 aliphatic heterocycles. The first-order chi connectivity index (χ1) is 11.9. The van der Waals surface area contributed by atoms with E-state index >= 15 is 0 Å². The van der Waals surface area contributed by atoms with Gasteiger partial charge in [-0.2, -0.15) is 0 Å². The Morgan fingerprint density at radius 2 is 2.00 bits per heavy atom. The van der Waals surface area contributed by atoms with E-state index in [0.717, 1.165) is 35.5 Å². The summed E-state index contributed by atoms with van der Waals surface area (Å²) in [4.78, 5) is 28.4. The number of nitrogens with one attached hydrogen (secondary N) is 1. The molecule has 0 saturated carbocycles. The standard InChI is InChI=1S/C19H25N3O2S/c1-5-15-12-18(24)22(4)19(21-15)25-10-6-7-17(23)20-16-9-8-13(2)14(3)11-16/h8-9,11-12H,5-7,10H2,1-4H3,(H,20,23). The van der Waals surface area contributed by atoms with Gasteiger partial charge in [0.15, 0.2) is 5.16 Å². The van der Waals surface area contributed by atoms with E-state index in [1.54, 1.807) is 17.7 Å². The smallest absolute Gasteiger partial charge is 0.254 e. The van der Waals surface area contributed by atoms with Crippen LogP contribution in [0.4, 0.5) is 5.69 Å². The lowest BCUT2D eigenvalue weighted by Crippen LogP contribution is -2.20. The number of carbonyl (C=O) groups is 1. The summed E-state index contributed by atoms with van der Waals surface area (Å²) in [5.74, 6) is 0.751. The zero-order valence-electron chi connectivity index (χ0n) is 15.3. The predicted molar refractivity (Wildman–Crippen MR) is 103 cm³/mol. The molecule has 2 rings (SSSR count). The van der Waals surface area contributed by atoms with E-state index < -0.39 is 0 Å². The third-order valence-corrected chi connectivity index (χ3v) is 5.20. The minimum atomic E-state index is -0.0400. The van der Waals surface area contributed by atoms with Gasteiger partial charge in [-0.25, -0.2) is 4.98 Å². The average Bonchev–Trinajstić information content (AvgIpc) is 2.58. The topological polar surface area (TPSA) is 64.0 Å². The Kier molecular flexibility index (Phi) is 6.82. The largest absolute Gasteiger partial charge is 0.326 e. The zero-order valence-corrected chi connectivity index (χ0v) is 16.1. The van der Waals surface area contributed by atoms with E-state index in [2.05, 4.69) is 10.3 Å². The number of benzene rings is 1. The molecule has 134 valence electrons. The van der Waals surface area contributed by atoms with Crippen molar-refractivity contribution in [2.24, 2.45) is 7.05 Å². The molecule has 1 aromatic carbocycles. The van der Waals surface area contributed by atoms with Crippen molar-refractivity contribution in [2.75, 3.05) is 11.1 Å². The maximum absolute atomic E-state index is 12.1. The van der Waals surface area contributed by atoms with Crippen molar-refractivity contribution >= 4 is 23.4 Å². The second kappa shape index (κ2) is 8.85. The highest BCUT2D eigenvalue weighted by Gasteiger charge is 2.07. The van der Waals surface area contributed by atoms with Crippen LogP contribution in [-0.2, 0) is 18.3 Å². The highest BCUT2D eigenvalue weighted by atomic mass is 32.2. The molecule has 0 bridgehead atoms. The summed E-state index contributed by atoms with van der Waals surface area (Å²) in [5.41, 5.74) is 3.97. The first kappa shape index (κ1) is 19.2. The van der Waals surface area contributed by atoms with Gasteiger partial charge in [0.25, 0.3) is 5.56 Å². The normalized spacial score (nSPS) is 10.7. The van der Waals surface area contributed by atoms with Crippen LogP contribution in [0.1, 0.15) is 36.6 Å². The number of aromatic nitrogens is 2. The molecule has 0 atom stereocenters. The highest BCUT2D eigenvalue weighted by molar-refractivity contribution is 7.99. The van der Waals surface area contributed by atoms with Gasteiger partial charge < -0.3 is 5.32 Å². The Balaban J connectivity index is 1.83. The van der Waals surface area contributed by atoms with E-state index in [1.807, 2.05) is 39.0 Å². The zero-order chi connectivity index (χ0) is 18.4. The number of hydrogen-bond acceptors (Lipinski definition) is 4. The van der Waals surface area contributed by atoms with Crippen molar-refractivity contribution in [3.05, 3.63) is 51.4 Å². The summed E-state index contributed by atoms with van der Waals surface area (Å²) in [6, 6.07) is 7.48. The Bertz CT molecular complexity index is 815. The Morgan fingerprint density at radius 3 is 2.68 bits per heavy atom. The predicted octanol–water partition coefficient (Wildman–Crippen LogP) is 3.47. The molecule has 1 N–H and O–H groups in total. The summed E-state index contributed by atoms with van der Waals surface area (Å²) in [7, 11) is 1.73. The molecule has 0 aliphatic rings. The fourth-order valence-corrected chi connectivity index (χ4v) is 3.25. The molecule has 0 saturated heterocycles. The molecular weight excluding hydrogens is 334 g/mol. The number of aryl methyl sites for hydroxylation is 3. The number of carbonyl (C=O) groups excluding carboxylic acids is 1. The van der Waals surface area contributed by atoms with Crippen LogP contribution in [0.15, 0.2) is 34.2 Å². The third kappa shape index (κ3) is 5.46. The fraction of sp³-hybridized carbons (Fsp3) is 0.421. The van der Waals surface area contributed by atoms with Crippen molar-refractivity contribution in [1.29, 1.82) is 0 Å². The van der Waals surface area contributed by atoms with Crippen LogP contribution in [0.2, 0.25) is 0 Å². The molecule has 1 heterocycles. The summed E-state index contributed by atoms with van der Waals surface area (Å²) in [6.45, 7) is 6.06. The summed E-state index contributed by atoms with van der Waals surface area (Å²) >= 11 is 1.52. The van der Waals surface area contributed by atoms with E-state index in [0.29, 0.717) is 11.6 Å². The second-order valence-electron chi connectivity index (χ2n) is 6.08. The molecule has 6 heteroatoms. The minimum Gasteiger partial charge on any atom is -0.326 e. The fourth-order valence-electron chi connectivity index (χ4n) is 2.31. The van der Waals surface area contributed by atoms with Crippen LogP contribution in [0.5, 0.6) is 0 Å². The van der Waals surface area contributed by atoms with Gasteiger partial charge in [-0.3, -0.25) is 14.2 Å². The lowest BCUT2D eigenvalue weighted by molar-refractivity contribution is -0.116. The molecule has 0 unspecified atom stereocenters. The van der Waals surface area contributed by atoms with Gasteiger partial charge >= 0.3 is 0 Å². The van der Waals surface area contributed by atoms with Crippen LogP contribution in [0.25, 0.3) is 0 Å². The van der Waals surface area contributed by atoms with Gasteiger partial charge in [-0.1, -0.05) is 24.8 Å². The lowest BCUT2D eigenvalue weighted by atomic mass is 10.1.